The van der Waals surface area contributed by atoms with Crippen LogP contribution in [0, 0.1) is 37.4 Å². The van der Waals surface area contributed by atoms with Gasteiger partial charge in [-0.15, -0.1) is 0 Å². The summed E-state index contributed by atoms with van der Waals surface area (Å²) >= 11 is 0. The van der Waals surface area contributed by atoms with Gasteiger partial charge in [0.25, 0.3) is 0 Å². The van der Waals surface area contributed by atoms with Crippen LogP contribution in [0.1, 0.15) is 6.92 Å². The molecule has 0 aromatic heterocycles. The van der Waals surface area contributed by atoms with Gasteiger partial charge in [-0.1, -0.05) is 6.92 Å². The zero-order valence-electron chi connectivity index (χ0n) is 8.94. The first-order valence-electron chi connectivity index (χ1n) is 4.39. The molecule has 0 aromatic carbocycles. The second-order valence-corrected chi connectivity index (χ2v) is 2.97. The Morgan fingerprint density at radius 2 is 1.79 bits per heavy atom. The third-order valence-electron chi connectivity index (χ3n) is 2.31. The second-order valence-electron chi connectivity index (χ2n) is 2.97. The van der Waals surface area contributed by atoms with Crippen molar-refractivity contribution in [2.45, 2.75) is 6.92 Å². The summed E-state index contributed by atoms with van der Waals surface area (Å²) < 4.78 is 0. The number of carbonyl (C=O) groups excluding carboxylic acids is 1. The van der Waals surface area contributed by atoms with Gasteiger partial charge in [-0.2, -0.15) is 0 Å². The quantitative estimate of drug-likeness (QED) is 0.614. The van der Waals surface area contributed by atoms with E-state index < -0.39 is 0 Å². The van der Waals surface area contributed by atoms with E-state index in [4.69, 9.17) is 5.11 Å². The Balaban J connectivity index is 0. The van der Waals surface area contributed by atoms with Crippen LogP contribution in [0.25, 0.3) is 0 Å². The molecule has 14 heavy (non-hydrogen) atoms. The van der Waals surface area contributed by atoms with Gasteiger partial charge < -0.3 is 22.3 Å². The van der Waals surface area contributed by atoms with Crippen LogP contribution in [0.3, 0.4) is 0 Å². The van der Waals surface area contributed by atoms with Crippen LogP contribution in [0.4, 0.5) is 0 Å². The van der Waals surface area contributed by atoms with Crippen LogP contribution in [0.15, 0.2) is 0 Å². The maximum absolute atomic E-state index is 11.0. The number of aliphatic hydroxyl groups excluding tert-OH is 1. The maximum Gasteiger partial charge on any atom is 0.248 e. The van der Waals surface area contributed by atoms with Crippen molar-refractivity contribution in [3.05, 3.63) is 7.43 Å². The molecular weight excluding hydrogens is 405 g/mol. The van der Waals surface area contributed by atoms with E-state index in [0.29, 0.717) is 0 Å². The molecule has 0 aromatic rings. The average Bonchev–Trinajstić information content (AvgIpc) is 2.17. The van der Waals surface area contributed by atoms with Crippen LogP contribution in [-0.2, 0) is 4.79 Å². The molecule has 1 N–H and O–H groups in total. The molecule has 1 heterocycles. The van der Waals surface area contributed by atoms with E-state index in [9.17, 15) is 4.79 Å². The predicted molar refractivity (Wildman–Crippen MR) is 52.2 cm³/mol. The topological polar surface area (TPSA) is 43.8 Å². The third-order valence-corrected chi connectivity index (χ3v) is 2.31. The van der Waals surface area contributed by atoms with Gasteiger partial charge in [0.05, 0.1) is 0 Å². The number of amides is 1. The molecule has 1 aliphatic rings. The summed E-state index contributed by atoms with van der Waals surface area (Å²) in [7, 11) is 0. The Labute approximate surface area is 109 Å². The van der Waals surface area contributed by atoms with E-state index in [-0.39, 0.29) is 49.9 Å². The molecule has 1 radical (unpaired) electrons. The maximum atomic E-state index is 11.0. The molecule has 1 saturated heterocycles. The number of nitrogens with zero attached hydrogens (tertiary/aromatic N) is 2. The van der Waals surface area contributed by atoms with Gasteiger partial charge in [0, 0.05) is 56.1 Å². The van der Waals surface area contributed by atoms with Gasteiger partial charge in [0.2, 0.25) is 5.91 Å². The van der Waals surface area contributed by atoms with Gasteiger partial charge in [0.15, 0.2) is 0 Å². The molecule has 1 fully saturated rings. The normalized spacial score (nSPS) is 16.9. The third kappa shape index (κ3) is 4.76. The molecule has 83 valence electrons. The zero-order chi connectivity index (χ0) is 8.97. The first-order valence-corrected chi connectivity index (χ1v) is 4.39. The van der Waals surface area contributed by atoms with Gasteiger partial charge in [-0.25, -0.2) is 0 Å². The molecule has 0 bridgehead atoms. The molecule has 1 amide bonds. The molecule has 1 aliphatic heterocycles. The Hall–Kier alpha value is 0.403. The summed E-state index contributed by atoms with van der Waals surface area (Å²) in [6.07, 6.45) is 0. The Morgan fingerprint density at radius 1 is 1.29 bits per heavy atom. The first-order chi connectivity index (χ1) is 5.77. The Kier molecular flexibility index (Phi) is 10.4. The number of piperazine rings is 1. The SMILES string of the molecule is CCN1CCN(C(=O)CO)CC1.[CH3-].[Np]. The second kappa shape index (κ2) is 8.69. The molecule has 5 heteroatoms. The summed E-state index contributed by atoms with van der Waals surface area (Å²) in [6.45, 7) is 6.18. The number of aliphatic hydroxyl groups is 1. The summed E-state index contributed by atoms with van der Waals surface area (Å²) in [5, 5.41) is 8.61. The number of hydrogen-bond donors (Lipinski definition) is 1. The molecular formula is C9H19N2NpO2-. The van der Waals surface area contributed by atoms with E-state index in [0.717, 1.165) is 32.7 Å². The zero-order valence-corrected chi connectivity index (χ0v) is 12.7. The number of carbonyl (C=O) groups is 1. The van der Waals surface area contributed by atoms with Crippen LogP contribution < -0.4 is 0 Å². The van der Waals surface area contributed by atoms with E-state index in [1.54, 1.807) is 4.90 Å². The van der Waals surface area contributed by atoms with Crippen molar-refractivity contribution in [2.24, 2.45) is 0 Å². The molecule has 0 aliphatic carbocycles. The van der Waals surface area contributed by atoms with Crippen LogP contribution in [0.5, 0.6) is 0 Å². The molecule has 0 saturated carbocycles. The monoisotopic (exact) mass is 423 g/mol. The standard InChI is InChI=1S/C8H16N2O2.CH3.Np/c1-2-9-3-5-10(6-4-9)8(12)7-11;;/h11H,2-7H2,1H3;1H3;/q;-1;. The minimum absolute atomic E-state index is 0. The molecule has 1 rings (SSSR count). The van der Waals surface area contributed by atoms with Gasteiger partial charge in [-0.05, 0) is 6.54 Å². The fourth-order valence-corrected chi connectivity index (χ4v) is 1.41. The fourth-order valence-electron chi connectivity index (χ4n) is 1.41. The molecule has 0 spiro atoms. The smallest absolute Gasteiger partial charge is 0.248 e. The van der Waals surface area contributed by atoms with Crippen molar-refractivity contribution >= 4 is 5.91 Å². The summed E-state index contributed by atoms with van der Waals surface area (Å²) in [6, 6.07) is 0. The average molecular weight is 424 g/mol. The fraction of sp³-hybridized carbons (Fsp3) is 0.778. The minimum Gasteiger partial charge on any atom is -0.387 e. The number of rotatable bonds is 2. The minimum atomic E-state index is -0.355. The molecule has 4 nitrogen and oxygen atoms in total. The Morgan fingerprint density at radius 3 is 2.14 bits per heavy atom. The van der Waals surface area contributed by atoms with Crippen LogP contribution in [-0.4, -0.2) is 60.1 Å². The van der Waals surface area contributed by atoms with Crippen molar-refractivity contribution < 1.29 is 39.8 Å². The predicted octanol–water partition coefficient (Wildman–Crippen LogP) is -0.407. The van der Waals surface area contributed by atoms with Crippen LogP contribution in [0.2, 0.25) is 0 Å². The van der Waals surface area contributed by atoms with Crippen molar-refractivity contribution in [1.82, 2.24) is 9.80 Å². The number of likely N-dealkylation sites (N-methyl/N-ethyl adjacent to an activating group) is 1. The van der Waals surface area contributed by atoms with Gasteiger partial charge in [0.1, 0.15) is 6.61 Å². The number of hydrogen-bond acceptors (Lipinski definition) is 3. The van der Waals surface area contributed by atoms with Gasteiger partial charge >= 0.3 is 0 Å². The van der Waals surface area contributed by atoms with E-state index in [1.165, 1.54) is 0 Å². The van der Waals surface area contributed by atoms with Gasteiger partial charge in [-0.3, -0.25) is 4.79 Å². The summed E-state index contributed by atoms with van der Waals surface area (Å²) in [5.41, 5.74) is 0. The van der Waals surface area contributed by atoms with E-state index in [2.05, 4.69) is 11.8 Å². The molecule has 0 unspecified atom stereocenters. The van der Waals surface area contributed by atoms with Crippen LogP contribution >= 0.6 is 0 Å². The van der Waals surface area contributed by atoms with E-state index in [1.807, 2.05) is 0 Å². The largest absolute Gasteiger partial charge is 0.387 e. The van der Waals surface area contributed by atoms with Crippen molar-refractivity contribution in [2.75, 3.05) is 39.3 Å². The summed E-state index contributed by atoms with van der Waals surface area (Å²) in [4.78, 5) is 15.0. The van der Waals surface area contributed by atoms with Crippen molar-refractivity contribution in [3.63, 3.8) is 0 Å². The summed E-state index contributed by atoms with van der Waals surface area (Å²) in [5.74, 6) is -0.147. The van der Waals surface area contributed by atoms with Crippen molar-refractivity contribution in [3.8, 4) is 0 Å². The first kappa shape index (κ1) is 16.8. The Bertz CT molecular complexity index is 159. The van der Waals surface area contributed by atoms with Crippen molar-refractivity contribution in [1.29, 1.82) is 0 Å². The van der Waals surface area contributed by atoms with E-state index >= 15 is 0 Å². The molecule has 0 atom stereocenters.